The number of hydrogen-bond donors (Lipinski definition) is 2. The van der Waals surface area contributed by atoms with E-state index in [1.807, 2.05) is 36.4 Å². The van der Waals surface area contributed by atoms with Crippen molar-refractivity contribution < 1.29 is 19.3 Å². The molecule has 1 aromatic heterocycles. The van der Waals surface area contributed by atoms with Gasteiger partial charge in [-0.25, -0.2) is 0 Å². The normalized spacial score (nSPS) is 19.9. The highest BCUT2D eigenvalue weighted by Crippen LogP contribution is 2.37. The fourth-order valence-corrected chi connectivity index (χ4v) is 3.82. The fraction of sp³-hybridized carbons (Fsp3) is 0.348. The zero-order valence-corrected chi connectivity index (χ0v) is 16.9. The highest BCUT2D eigenvalue weighted by Gasteiger charge is 2.28. The van der Waals surface area contributed by atoms with Gasteiger partial charge in [-0.1, -0.05) is 6.07 Å². The molecule has 3 atom stereocenters. The predicted octanol–water partition coefficient (Wildman–Crippen LogP) is 3.61. The summed E-state index contributed by atoms with van der Waals surface area (Å²) in [6.07, 6.45) is 1.98. The third-order valence-electron chi connectivity index (χ3n) is 5.52. The number of benzene rings is 2. The number of rotatable bonds is 6. The molecule has 4 rings (SSSR count). The molecule has 29 heavy (non-hydrogen) atoms. The van der Waals surface area contributed by atoms with Crippen LogP contribution in [0.5, 0.6) is 17.2 Å². The molecule has 6 heteroatoms. The second-order valence-corrected chi connectivity index (χ2v) is 7.36. The van der Waals surface area contributed by atoms with E-state index in [1.165, 1.54) is 0 Å². The van der Waals surface area contributed by atoms with Crippen LogP contribution in [0.2, 0.25) is 0 Å². The van der Waals surface area contributed by atoms with Crippen LogP contribution in [0, 0.1) is 5.92 Å². The summed E-state index contributed by atoms with van der Waals surface area (Å²) in [6.45, 7) is 2.80. The Morgan fingerprint density at radius 2 is 1.83 bits per heavy atom. The van der Waals surface area contributed by atoms with E-state index in [9.17, 15) is 5.11 Å². The molecule has 1 saturated heterocycles. The van der Waals surface area contributed by atoms with Crippen LogP contribution < -0.4 is 19.5 Å². The number of methoxy groups -OCH3 is 2. The van der Waals surface area contributed by atoms with E-state index in [0.717, 1.165) is 34.3 Å². The topological polar surface area (TPSA) is 72.8 Å². The molecule has 0 amide bonds. The van der Waals surface area contributed by atoms with Gasteiger partial charge in [-0.15, -0.1) is 0 Å². The van der Waals surface area contributed by atoms with Crippen molar-refractivity contribution in [3.8, 4) is 28.4 Å². The van der Waals surface area contributed by atoms with Crippen molar-refractivity contribution in [2.45, 2.75) is 25.7 Å². The lowest BCUT2D eigenvalue weighted by molar-refractivity contribution is 0.128. The van der Waals surface area contributed by atoms with Gasteiger partial charge >= 0.3 is 0 Å². The van der Waals surface area contributed by atoms with Crippen molar-refractivity contribution in [2.24, 2.45) is 5.92 Å². The highest BCUT2D eigenvalue weighted by atomic mass is 16.5. The minimum Gasteiger partial charge on any atom is -0.493 e. The molecular formula is C23H26N2O4. The summed E-state index contributed by atoms with van der Waals surface area (Å²) in [5, 5.41) is 13.8. The number of aliphatic hydroxyl groups excluding tert-OH is 1. The number of aliphatic hydroxyl groups is 1. The van der Waals surface area contributed by atoms with E-state index in [1.54, 1.807) is 20.4 Å². The summed E-state index contributed by atoms with van der Waals surface area (Å²) in [4.78, 5) is 4.53. The van der Waals surface area contributed by atoms with Crippen molar-refractivity contribution in [3.63, 3.8) is 0 Å². The minimum absolute atomic E-state index is 0.0382. The van der Waals surface area contributed by atoms with Crippen molar-refractivity contribution in [3.05, 3.63) is 48.7 Å². The summed E-state index contributed by atoms with van der Waals surface area (Å²) in [5.41, 5.74) is 2.85. The van der Waals surface area contributed by atoms with E-state index in [0.29, 0.717) is 17.9 Å². The second-order valence-electron chi connectivity index (χ2n) is 7.36. The Balaban J connectivity index is 1.73. The van der Waals surface area contributed by atoms with Gasteiger partial charge in [0, 0.05) is 24.0 Å². The Bertz CT molecular complexity index is 1010. The average Bonchev–Trinajstić information content (AvgIpc) is 3.19. The molecule has 2 aromatic carbocycles. The third-order valence-corrected chi connectivity index (χ3v) is 5.52. The van der Waals surface area contributed by atoms with Gasteiger partial charge in [0.1, 0.15) is 18.1 Å². The van der Waals surface area contributed by atoms with Gasteiger partial charge in [-0.3, -0.25) is 10.3 Å². The van der Waals surface area contributed by atoms with Crippen LogP contribution in [0.25, 0.3) is 22.0 Å². The molecule has 1 aliphatic rings. The van der Waals surface area contributed by atoms with Gasteiger partial charge in [0.2, 0.25) is 0 Å². The minimum atomic E-state index is -0.456. The number of hydrogen-bond acceptors (Lipinski definition) is 6. The summed E-state index contributed by atoms with van der Waals surface area (Å²) in [7, 11) is 3.25. The summed E-state index contributed by atoms with van der Waals surface area (Å²) in [6, 6.07) is 13.9. The van der Waals surface area contributed by atoms with Crippen LogP contribution in [0.4, 0.5) is 0 Å². The van der Waals surface area contributed by atoms with E-state index in [-0.39, 0.29) is 12.0 Å². The summed E-state index contributed by atoms with van der Waals surface area (Å²) in [5.74, 6) is 2.40. The van der Waals surface area contributed by atoms with Crippen LogP contribution in [0.1, 0.15) is 13.3 Å². The highest BCUT2D eigenvalue weighted by molar-refractivity contribution is 5.90. The lowest BCUT2D eigenvalue weighted by Crippen LogP contribution is -2.25. The van der Waals surface area contributed by atoms with Gasteiger partial charge in [0.05, 0.1) is 19.7 Å². The maximum absolute atomic E-state index is 9.77. The molecule has 6 nitrogen and oxygen atoms in total. The monoisotopic (exact) mass is 394 g/mol. The lowest BCUT2D eigenvalue weighted by atomic mass is 10.0. The molecule has 3 aromatic rings. The third kappa shape index (κ3) is 3.99. The van der Waals surface area contributed by atoms with Gasteiger partial charge in [-0.05, 0) is 60.9 Å². The Hall–Kier alpha value is -2.83. The Morgan fingerprint density at radius 1 is 1.03 bits per heavy atom. The second kappa shape index (κ2) is 8.27. The zero-order valence-electron chi connectivity index (χ0n) is 16.9. The van der Waals surface area contributed by atoms with Crippen molar-refractivity contribution in [1.29, 1.82) is 0 Å². The molecule has 1 fully saturated rings. The Kier molecular flexibility index (Phi) is 5.56. The molecule has 3 unspecified atom stereocenters. The van der Waals surface area contributed by atoms with Gasteiger partial charge in [-0.2, -0.15) is 0 Å². The molecular weight excluding hydrogens is 368 g/mol. The van der Waals surface area contributed by atoms with Gasteiger partial charge in [0.15, 0.2) is 11.5 Å². The number of aromatic nitrogens is 1. The Morgan fingerprint density at radius 3 is 2.55 bits per heavy atom. The first-order valence-electron chi connectivity index (χ1n) is 9.78. The number of fused-ring (bicyclic) bond motifs is 1. The predicted molar refractivity (Wildman–Crippen MR) is 112 cm³/mol. The average molecular weight is 394 g/mol. The quantitative estimate of drug-likeness (QED) is 0.665. The summed E-state index contributed by atoms with van der Waals surface area (Å²) < 4.78 is 17.2. The number of ether oxygens (including phenoxy) is 3. The smallest absolute Gasteiger partial charge is 0.161 e. The molecule has 2 heterocycles. The standard InChI is InChI=1S/C23H26N2O4/c1-14(17-12-23(26)25-13-17)29-21-11-16(9-19-18(21)5-4-8-24-19)15-6-7-20(27-2)22(10-15)28-3/h4-11,14,17,23,25-26H,12-13H2,1-3H3. The van der Waals surface area contributed by atoms with E-state index < -0.39 is 6.23 Å². The van der Waals surface area contributed by atoms with Crippen LogP contribution in [0.3, 0.4) is 0 Å². The largest absolute Gasteiger partial charge is 0.493 e. The molecule has 0 saturated carbocycles. The number of nitrogens with zero attached hydrogens (tertiary/aromatic N) is 1. The molecule has 1 aliphatic heterocycles. The molecule has 2 N–H and O–H groups in total. The van der Waals surface area contributed by atoms with Gasteiger partial charge < -0.3 is 19.3 Å². The van der Waals surface area contributed by atoms with Gasteiger partial charge in [0.25, 0.3) is 0 Å². The first-order chi connectivity index (χ1) is 14.1. The van der Waals surface area contributed by atoms with Crippen LogP contribution in [0.15, 0.2) is 48.7 Å². The molecule has 0 radical (unpaired) electrons. The number of nitrogens with one attached hydrogen (secondary N) is 1. The van der Waals surface area contributed by atoms with Crippen molar-refractivity contribution >= 4 is 10.9 Å². The maximum Gasteiger partial charge on any atom is 0.161 e. The molecule has 0 bridgehead atoms. The molecule has 0 spiro atoms. The summed E-state index contributed by atoms with van der Waals surface area (Å²) >= 11 is 0. The van der Waals surface area contributed by atoms with E-state index in [4.69, 9.17) is 14.2 Å². The first kappa shape index (κ1) is 19.5. The van der Waals surface area contributed by atoms with Crippen LogP contribution >= 0.6 is 0 Å². The fourth-order valence-electron chi connectivity index (χ4n) is 3.82. The zero-order chi connectivity index (χ0) is 20.4. The number of pyridine rings is 1. The SMILES string of the molecule is COc1ccc(-c2cc(OC(C)C3CNC(O)C3)c3cccnc3c2)cc1OC. The van der Waals surface area contributed by atoms with Crippen molar-refractivity contribution in [2.75, 3.05) is 20.8 Å². The maximum atomic E-state index is 9.77. The first-order valence-corrected chi connectivity index (χ1v) is 9.78. The van der Waals surface area contributed by atoms with Crippen LogP contribution in [-0.2, 0) is 0 Å². The van der Waals surface area contributed by atoms with E-state index in [2.05, 4.69) is 23.3 Å². The molecule has 152 valence electrons. The van der Waals surface area contributed by atoms with Crippen LogP contribution in [-0.4, -0.2) is 43.2 Å². The van der Waals surface area contributed by atoms with Crippen molar-refractivity contribution in [1.82, 2.24) is 10.3 Å². The Labute approximate surface area is 170 Å². The lowest BCUT2D eigenvalue weighted by Gasteiger charge is -2.22. The molecule has 0 aliphatic carbocycles. The van der Waals surface area contributed by atoms with E-state index >= 15 is 0 Å².